The fourth-order valence-electron chi connectivity index (χ4n) is 7.60. The van der Waals surface area contributed by atoms with E-state index in [0.29, 0.717) is 6.10 Å². The molecule has 27 heavy (non-hydrogen) atoms. The molecular formula is C25H46OSi. The summed E-state index contributed by atoms with van der Waals surface area (Å²) in [5, 5.41) is 0. The molecule has 4 aliphatic carbocycles. The van der Waals surface area contributed by atoms with Gasteiger partial charge in [0.05, 0.1) is 0 Å². The van der Waals surface area contributed by atoms with Crippen LogP contribution in [0.5, 0.6) is 0 Å². The molecular weight excluding hydrogens is 344 g/mol. The van der Waals surface area contributed by atoms with Crippen LogP contribution in [-0.2, 0) is 4.43 Å². The van der Waals surface area contributed by atoms with Gasteiger partial charge in [-0.15, -0.1) is 0 Å². The van der Waals surface area contributed by atoms with E-state index in [4.69, 9.17) is 4.43 Å². The largest absolute Gasteiger partial charge is 0.413 e. The average Bonchev–Trinajstić information content (AvgIpc) is 3.02. The monoisotopic (exact) mass is 390 g/mol. The molecule has 0 aromatic rings. The van der Waals surface area contributed by atoms with E-state index in [2.05, 4.69) is 0 Å². The lowest BCUT2D eigenvalue weighted by atomic mass is 9.98. The minimum atomic E-state index is -1.70. The molecule has 2 heteroatoms. The zero-order valence-corrected chi connectivity index (χ0v) is 19.1. The molecule has 0 atom stereocenters. The molecule has 0 aliphatic heterocycles. The molecule has 4 saturated carbocycles. The lowest BCUT2D eigenvalue weighted by Crippen LogP contribution is -2.55. The lowest BCUT2D eigenvalue weighted by Gasteiger charge is -2.53. The smallest absolute Gasteiger partial charge is 0.202 e. The Labute approximate surface area is 170 Å². The number of rotatable bonds is 5. The van der Waals surface area contributed by atoms with Gasteiger partial charge in [0.1, 0.15) is 0 Å². The summed E-state index contributed by atoms with van der Waals surface area (Å²) in [5.74, 6) is 0. The van der Waals surface area contributed by atoms with Crippen molar-refractivity contribution in [3.63, 3.8) is 0 Å². The summed E-state index contributed by atoms with van der Waals surface area (Å²) < 4.78 is 7.72. The molecule has 0 amide bonds. The molecule has 0 spiro atoms. The first-order valence-electron chi connectivity index (χ1n) is 13.1. The molecule has 0 saturated heterocycles. The van der Waals surface area contributed by atoms with E-state index in [9.17, 15) is 0 Å². The molecule has 0 radical (unpaired) electrons. The van der Waals surface area contributed by atoms with Gasteiger partial charge in [-0.3, -0.25) is 0 Å². The van der Waals surface area contributed by atoms with Gasteiger partial charge in [0.15, 0.2) is 0 Å². The maximum absolute atomic E-state index is 7.72. The van der Waals surface area contributed by atoms with E-state index >= 15 is 0 Å². The molecule has 0 N–H and O–H groups in total. The van der Waals surface area contributed by atoms with Crippen molar-refractivity contribution in [2.45, 2.75) is 158 Å². The Morgan fingerprint density at radius 3 is 1.04 bits per heavy atom. The van der Waals surface area contributed by atoms with Gasteiger partial charge in [-0.2, -0.15) is 0 Å². The van der Waals surface area contributed by atoms with Crippen LogP contribution in [0.2, 0.25) is 16.6 Å². The van der Waals surface area contributed by atoms with Crippen LogP contribution < -0.4 is 0 Å². The van der Waals surface area contributed by atoms with Crippen molar-refractivity contribution >= 4 is 8.32 Å². The SMILES string of the molecule is C1CCCC(O[Si](C2CCCCC2)(C2CCCCC2)C2CCCCC2)CC1. The molecule has 1 nitrogen and oxygen atoms in total. The highest BCUT2D eigenvalue weighted by Crippen LogP contribution is 2.58. The first-order chi connectivity index (χ1) is 13.4. The molecule has 156 valence electrons. The van der Waals surface area contributed by atoms with Crippen molar-refractivity contribution < 1.29 is 4.43 Å². The zero-order valence-electron chi connectivity index (χ0n) is 18.1. The van der Waals surface area contributed by atoms with Gasteiger partial charge < -0.3 is 4.43 Å². The van der Waals surface area contributed by atoms with E-state index < -0.39 is 8.32 Å². The topological polar surface area (TPSA) is 9.23 Å². The Morgan fingerprint density at radius 2 is 0.667 bits per heavy atom. The van der Waals surface area contributed by atoms with E-state index in [1.165, 1.54) is 135 Å². The molecule has 0 aromatic carbocycles. The highest BCUT2D eigenvalue weighted by Gasteiger charge is 2.55. The lowest BCUT2D eigenvalue weighted by molar-refractivity contribution is 0.141. The number of hydrogen-bond donors (Lipinski definition) is 0. The molecule has 4 aliphatic rings. The normalized spacial score (nSPS) is 28.9. The van der Waals surface area contributed by atoms with E-state index in [0.717, 1.165) is 16.6 Å². The van der Waals surface area contributed by atoms with Crippen molar-refractivity contribution in [1.29, 1.82) is 0 Å². The summed E-state index contributed by atoms with van der Waals surface area (Å²) in [4.78, 5) is 0. The van der Waals surface area contributed by atoms with Gasteiger partial charge >= 0.3 is 0 Å². The van der Waals surface area contributed by atoms with Gasteiger partial charge in [-0.1, -0.05) is 122 Å². The predicted molar refractivity (Wildman–Crippen MR) is 119 cm³/mol. The third-order valence-electron chi connectivity index (χ3n) is 8.90. The second-order valence-corrected chi connectivity index (χ2v) is 15.0. The molecule has 0 bridgehead atoms. The third kappa shape index (κ3) is 4.85. The van der Waals surface area contributed by atoms with Crippen LogP contribution in [0.3, 0.4) is 0 Å². The quantitative estimate of drug-likeness (QED) is 0.337. The van der Waals surface area contributed by atoms with Crippen LogP contribution in [0.25, 0.3) is 0 Å². The summed E-state index contributed by atoms with van der Waals surface area (Å²) in [5.41, 5.74) is 3.04. The third-order valence-corrected chi connectivity index (χ3v) is 15.2. The predicted octanol–water partition coefficient (Wildman–Crippen LogP) is 8.67. The van der Waals surface area contributed by atoms with E-state index in [1.54, 1.807) is 0 Å². The van der Waals surface area contributed by atoms with Gasteiger partial charge in [-0.25, -0.2) is 0 Å². The summed E-state index contributed by atoms with van der Waals surface area (Å²) in [6, 6.07) is 0. The summed E-state index contributed by atoms with van der Waals surface area (Å²) >= 11 is 0. The van der Waals surface area contributed by atoms with Gasteiger partial charge in [0, 0.05) is 6.10 Å². The minimum Gasteiger partial charge on any atom is -0.413 e. The summed E-state index contributed by atoms with van der Waals surface area (Å²) in [7, 11) is -1.70. The Balaban J connectivity index is 1.64. The Kier molecular flexibility index (Phi) is 7.79. The van der Waals surface area contributed by atoms with Gasteiger partial charge in [0.2, 0.25) is 8.32 Å². The highest BCUT2D eigenvalue weighted by atomic mass is 28.4. The first kappa shape index (κ1) is 20.4. The van der Waals surface area contributed by atoms with Crippen molar-refractivity contribution in [2.24, 2.45) is 0 Å². The Morgan fingerprint density at radius 1 is 0.370 bits per heavy atom. The van der Waals surface area contributed by atoms with Gasteiger partial charge in [-0.05, 0) is 29.5 Å². The van der Waals surface area contributed by atoms with Crippen LogP contribution in [-0.4, -0.2) is 14.4 Å². The van der Waals surface area contributed by atoms with Crippen LogP contribution in [0.15, 0.2) is 0 Å². The van der Waals surface area contributed by atoms with Crippen molar-refractivity contribution in [3.8, 4) is 0 Å². The van der Waals surface area contributed by atoms with Gasteiger partial charge in [0.25, 0.3) is 0 Å². The van der Waals surface area contributed by atoms with Crippen molar-refractivity contribution in [3.05, 3.63) is 0 Å². The fourth-order valence-corrected chi connectivity index (χ4v) is 14.9. The van der Waals surface area contributed by atoms with Crippen LogP contribution in [0.4, 0.5) is 0 Å². The molecule has 0 unspecified atom stereocenters. The van der Waals surface area contributed by atoms with Crippen molar-refractivity contribution in [1.82, 2.24) is 0 Å². The molecule has 0 heterocycles. The molecule has 4 rings (SSSR count). The molecule has 0 aromatic heterocycles. The Bertz CT molecular complexity index is 364. The van der Waals surface area contributed by atoms with Crippen molar-refractivity contribution in [2.75, 3.05) is 0 Å². The second kappa shape index (κ2) is 10.3. The number of hydrogen-bond acceptors (Lipinski definition) is 1. The van der Waals surface area contributed by atoms with Crippen LogP contribution in [0.1, 0.15) is 135 Å². The van der Waals surface area contributed by atoms with E-state index in [-0.39, 0.29) is 0 Å². The second-order valence-electron chi connectivity index (χ2n) is 10.6. The van der Waals surface area contributed by atoms with Crippen LogP contribution >= 0.6 is 0 Å². The minimum absolute atomic E-state index is 0.643. The average molecular weight is 391 g/mol. The fraction of sp³-hybridized carbons (Fsp3) is 1.00. The van der Waals surface area contributed by atoms with E-state index in [1.807, 2.05) is 0 Å². The Hall–Kier alpha value is 0.177. The molecule has 4 fully saturated rings. The summed E-state index contributed by atoms with van der Waals surface area (Å²) in [6.45, 7) is 0. The highest BCUT2D eigenvalue weighted by molar-refractivity contribution is 6.78. The standard InChI is InChI=1S/C25H46OSi/c1-2-7-15-22(14-6-1)26-27(23-16-8-3-9-17-23,24-18-10-4-11-19-24)25-20-12-5-13-21-25/h22-25H,1-21H2. The summed E-state index contributed by atoms with van der Waals surface area (Å²) in [6.07, 6.45) is 32.0. The maximum Gasteiger partial charge on any atom is 0.202 e. The maximum atomic E-state index is 7.72. The van der Waals surface area contributed by atoms with Crippen LogP contribution in [0, 0.1) is 0 Å². The zero-order chi connectivity index (χ0) is 18.4. The first-order valence-corrected chi connectivity index (χ1v) is 15.2.